The maximum Gasteiger partial charge on any atom is 0.330 e. The molecule has 0 fully saturated rings. The minimum Gasteiger partial charge on any atom is -0.493 e. The van der Waals surface area contributed by atoms with Crippen molar-refractivity contribution in [2.45, 2.75) is 39.7 Å². The monoisotopic (exact) mass is 404 g/mol. The molecule has 1 aromatic heterocycles. The zero-order valence-electron chi connectivity index (χ0n) is 16.9. The minimum atomic E-state index is -0.466. The number of nitrogens with one attached hydrogen (secondary N) is 1. The second-order valence-corrected chi connectivity index (χ2v) is 6.80. The topological polar surface area (TPSA) is 112 Å². The zero-order chi connectivity index (χ0) is 20.8. The minimum absolute atomic E-state index is 0.214. The van der Waals surface area contributed by atoms with E-state index in [1.165, 1.54) is 4.57 Å². The molecule has 0 spiro atoms. The SMILES string of the molecule is CCCCn1c(N)c(N(CC)CCCOc2ccc3c(c2)OCO3)c(=O)[nH]c1=O. The van der Waals surface area contributed by atoms with Crippen LogP contribution in [0.15, 0.2) is 27.8 Å². The van der Waals surface area contributed by atoms with Gasteiger partial charge in [-0.2, -0.15) is 0 Å². The van der Waals surface area contributed by atoms with Crippen LogP contribution in [0.4, 0.5) is 11.5 Å². The van der Waals surface area contributed by atoms with Crippen molar-refractivity contribution in [2.24, 2.45) is 0 Å². The Hall–Kier alpha value is -3.10. The highest BCUT2D eigenvalue weighted by Crippen LogP contribution is 2.35. The predicted octanol–water partition coefficient (Wildman–Crippen LogP) is 1.94. The van der Waals surface area contributed by atoms with E-state index in [-0.39, 0.29) is 12.6 Å². The number of hydrogen-bond donors (Lipinski definition) is 2. The van der Waals surface area contributed by atoms with Crippen molar-refractivity contribution in [3.8, 4) is 17.2 Å². The van der Waals surface area contributed by atoms with Crippen LogP contribution in [0.25, 0.3) is 0 Å². The molecule has 0 radical (unpaired) electrons. The quantitative estimate of drug-likeness (QED) is 0.582. The van der Waals surface area contributed by atoms with Crippen molar-refractivity contribution in [1.29, 1.82) is 0 Å². The Morgan fingerprint density at radius 2 is 2.00 bits per heavy atom. The summed E-state index contributed by atoms with van der Waals surface area (Å²) in [4.78, 5) is 28.8. The summed E-state index contributed by atoms with van der Waals surface area (Å²) in [6.45, 7) is 6.30. The average Bonchev–Trinajstić information content (AvgIpc) is 3.17. The van der Waals surface area contributed by atoms with Gasteiger partial charge in [0.2, 0.25) is 6.79 Å². The number of unbranched alkanes of at least 4 members (excludes halogenated alkanes) is 1. The number of ether oxygens (including phenoxy) is 3. The molecule has 2 aromatic rings. The van der Waals surface area contributed by atoms with E-state index in [1.807, 2.05) is 30.9 Å². The summed E-state index contributed by atoms with van der Waals surface area (Å²) < 4.78 is 17.8. The van der Waals surface area contributed by atoms with Gasteiger partial charge in [0, 0.05) is 25.7 Å². The van der Waals surface area contributed by atoms with Gasteiger partial charge in [-0.15, -0.1) is 0 Å². The molecule has 9 heteroatoms. The summed E-state index contributed by atoms with van der Waals surface area (Å²) in [5, 5.41) is 0. The highest BCUT2D eigenvalue weighted by Gasteiger charge is 2.18. The lowest BCUT2D eigenvalue weighted by Gasteiger charge is -2.24. The third-order valence-electron chi connectivity index (χ3n) is 4.83. The van der Waals surface area contributed by atoms with E-state index in [9.17, 15) is 9.59 Å². The number of aromatic amines is 1. The Kier molecular flexibility index (Phi) is 6.69. The molecule has 1 aromatic carbocycles. The maximum atomic E-state index is 12.4. The molecule has 0 atom stereocenters. The van der Waals surface area contributed by atoms with Gasteiger partial charge in [-0.05, 0) is 31.9 Å². The first-order valence-corrected chi connectivity index (χ1v) is 9.95. The third-order valence-corrected chi connectivity index (χ3v) is 4.83. The number of fused-ring (bicyclic) bond motifs is 1. The molecule has 0 saturated carbocycles. The Morgan fingerprint density at radius 3 is 2.76 bits per heavy atom. The molecule has 0 aliphatic carbocycles. The Labute approximate surface area is 169 Å². The van der Waals surface area contributed by atoms with Crippen LogP contribution >= 0.6 is 0 Å². The summed E-state index contributed by atoms with van der Waals surface area (Å²) in [6, 6.07) is 5.44. The van der Waals surface area contributed by atoms with Gasteiger partial charge in [-0.3, -0.25) is 14.3 Å². The molecule has 9 nitrogen and oxygen atoms in total. The number of anilines is 2. The molecule has 1 aliphatic heterocycles. The van der Waals surface area contributed by atoms with Gasteiger partial charge in [0.05, 0.1) is 6.61 Å². The van der Waals surface area contributed by atoms with Crippen molar-refractivity contribution in [2.75, 3.05) is 37.1 Å². The standard InChI is InChI=1S/C20H28N4O5/c1-3-5-10-24-18(21)17(19(25)22-20(24)26)23(4-2)9-6-11-27-14-7-8-15-16(12-14)29-13-28-15/h7-8,12H,3-6,9-11,13,21H2,1-2H3,(H,22,25,26). The first-order valence-electron chi connectivity index (χ1n) is 9.95. The zero-order valence-corrected chi connectivity index (χ0v) is 16.9. The molecule has 2 heterocycles. The fourth-order valence-electron chi connectivity index (χ4n) is 3.26. The van der Waals surface area contributed by atoms with Crippen LogP contribution in [0.2, 0.25) is 0 Å². The number of nitrogens with zero attached hydrogens (tertiary/aromatic N) is 2. The molecular weight excluding hydrogens is 376 g/mol. The van der Waals surface area contributed by atoms with E-state index < -0.39 is 11.2 Å². The molecule has 0 saturated heterocycles. The largest absolute Gasteiger partial charge is 0.493 e. The molecule has 3 N–H and O–H groups in total. The van der Waals surface area contributed by atoms with E-state index in [2.05, 4.69) is 4.98 Å². The normalized spacial score (nSPS) is 12.2. The lowest BCUT2D eigenvalue weighted by atomic mass is 10.3. The van der Waals surface area contributed by atoms with E-state index >= 15 is 0 Å². The van der Waals surface area contributed by atoms with Crippen LogP contribution < -0.4 is 36.1 Å². The van der Waals surface area contributed by atoms with E-state index in [0.717, 1.165) is 12.8 Å². The molecule has 0 bridgehead atoms. The van der Waals surface area contributed by atoms with Crippen molar-refractivity contribution in [1.82, 2.24) is 9.55 Å². The van der Waals surface area contributed by atoms with Crippen LogP contribution in [-0.4, -0.2) is 36.0 Å². The summed E-state index contributed by atoms with van der Waals surface area (Å²) in [5.74, 6) is 2.29. The Morgan fingerprint density at radius 1 is 1.21 bits per heavy atom. The third kappa shape index (κ3) is 4.67. The summed E-state index contributed by atoms with van der Waals surface area (Å²) in [5.41, 5.74) is 5.61. The van der Waals surface area contributed by atoms with Crippen molar-refractivity contribution >= 4 is 11.5 Å². The average molecular weight is 404 g/mol. The number of rotatable bonds is 10. The molecule has 3 rings (SSSR count). The lowest BCUT2D eigenvalue weighted by Crippen LogP contribution is -2.39. The van der Waals surface area contributed by atoms with Gasteiger partial charge in [0.1, 0.15) is 17.3 Å². The molecule has 1 aliphatic rings. The van der Waals surface area contributed by atoms with Gasteiger partial charge in [-0.1, -0.05) is 13.3 Å². The van der Waals surface area contributed by atoms with Crippen molar-refractivity contribution < 1.29 is 14.2 Å². The maximum absolute atomic E-state index is 12.4. The summed E-state index contributed by atoms with van der Waals surface area (Å²) in [6.07, 6.45) is 2.41. The summed E-state index contributed by atoms with van der Waals surface area (Å²) in [7, 11) is 0. The Bertz CT molecular complexity index is 953. The summed E-state index contributed by atoms with van der Waals surface area (Å²) >= 11 is 0. The first kappa shape index (κ1) is 20.6. The van der Waals surface area contributed by atoms with Crippen LogP contribution in [0.3, 0.4) is 0 Å². The molecular formula is C20H28N4O5. The van der Waals surface area contributed by atoms with Crippen molar-refractivity contribution in [3.63, 3.8) is 0 Å². The Balaban J connectivity index is 1.64. The number of aromatic nitrogens is 2. The van der Waals surface area contributed by atoms with Crippen LogP contribution in [0.5, 0.6) is 17.2 Å². The van der Waals surface area contributed by atoms with Crippen molar-refractivity contribution in [3.05, 3.63) is 39.0 Å². The molecule has 0 unspecified atom stereocenters. The fourth-order valence-corrected chi connectivity index (χ4v) is 3.26. The van der Waals surface area contributed by atoms with Gasteiger partial charge in [-0.25, -0.2) is 4.79 Å². The first-order chi connectivity index (χ1) is 14.0. The number of hydrogen-bond acceptors (Lipinski definition) is 7. The number of nitrogens with two attached hydrogens (primary N) is 1. The highest BCUT2D eigenvalue weighted by molar-refractivity contribution is 5.62. The van der Waals surface area contributed by atoms with E-state index in [0.29, 0.717) is 55.6 Å². The lowest BCUT2D eigenvalue weighted by molar-refractivity contribution is 0.173. The van der Waals surface area contributed by atoms with Crippen LogP contribution in [0.1, 0.15) is 33.1 Å². The molecule has 29 heavy (non-hydrogen) atoms. The predicted molar refractivity (Wildman–Crippen MR) is 111 cm³/mol. The van der Waals surface area contributed by atoms with Gasteiger partial charge >= 0.3 is 5.69 Å². The number of benzene rings is 1. The highest BCUT2D eigenvalue weighted by atomic mass is 16.7. The van der Waals surface area contributed by atoms with Crippen LogP contribution in [-0.2, 0) is 6.54 Å². The van der Waals surface area contributed by atoms with Gasteiger partial charge < -0.3 is 24.8 Å². The fraction of sp³-hybridized carbons (Fsp3) is 0.500. The number of nitrogen functional groups attached to an aromatic ring is 1. The molecule has 158 valence electrons. The second-order valence-electron chi connectivity index (χ2n) is 6.80. The van der Waals surface area contributed by atoms with E-state index in [4.69, 9.17) is 19.9 Å². The number of H-pyrrole nitrogens is 1. The smallest absolute Gasteiger partial charge is 0.330 e. The van der Waals surface area contributed by atoms with Crippen LogP contribution in [0, 0.1) is 0 Å². The second kappa shape index (κ2) is 9.40. The van der Waals surface area contributed by atoms with E-state index in [1.54, 1.807) is 6.07 Å². The molecule has 0 amide bonds. The van der Waals surface area contributed by atoms with Gasteiger partial charge in [0.15, 0.2) is 11.5 Å². The van der Waals surface area contributed by atoms with Gasteiger partial charge in [0.25, 0.3) is 5.56 Å².